The van der Waals surface area contributed by atoms with Crippen LogP contribution in [0, 0.1) is 5.92 Å². The Bertz CT molecular complexity index is 319. The van der Waals surface area contributed by atoms with Gasteiger partial charge in [-0.2, -0.15) is 0 Å². The van der Waals surface area contributed by atoms with Crippen molar-refractivity contribution in [2.75, 3.05) is 7.05 Å². The second-order valence-electron chi connectivity index (χ2n) is 4.72. The van der Waals surface area contributed by atoms with E-state index < -0.39 is 5.72 Å². The van der Waals surface area contributed by atoms with Crippen LogP contribution in [0.1, 0.15) is 37.7 Å². The minimum Gasteiger partial charge on any atom is -0.371 e. The number of rotatable bonds is 3. The summed E-state index contributed by atoms with van der Waals surface area (Å²) in [6, 6.07) is 9.97. The van der Waals surface area contributed by atoms with Crippen molar-refractivity contribution in [1.82, 2.24) is 5.32 Å². The molecule has 0 amide bonds. The topological polar surface area (TPSA) is 32.3 Å². The summed E-state index contributed by atoms with van der Waals surface area (Å²) in [4.78, 5) is 0. The molecule has 0 saturated heterocycles. The molecular weight excluding hydrogens is 198 g/mol. The van der Waals surface area contributed by atoms with Gasteiger partial charge in [-0.25, -0.2) is 0 Å². The fourth-order valence-electron chi connectivity index (χ4n) is 2.80. The molecule has 2 nitrogen and oxygen atoms in total. The molecule has 1 aromatic rings. The van der Waals surface area contributed by atoms with Crippen molar-refractivity contribution in [1.29, 1.82) is 0 Å². The first-order chi connectivity index (χ1) is 7.77. The van der Waals surface area contributed by atoms with Gasteiger partial charge in [-0.05, 0) is 25.5 Å². The molecule has 0 bridgehead atoms. The van der Waals surface area contributed by atoms with Crippen molar-refractivity contribution in [3.8, 4) is 0 Å². The first kappa shape index (κ1) is 11.6. The van der Waals surface area contributed by atoms with E-state index in [2.05, 4.69) is 5.32 Å². The SMILES string of the molecule is CNC(O)(c1ccccc1)C1CCCCC1. The third-order valence-corrected chi connectivity index (χ3v) is 3.79. The Hall–Kier alpha value is -0.860. The highest BCUT2D eigenvalue weighted by Crippen LogP contribution is 2.37. The molecule has 0 aliphatic heterocycles. The van der Waals surface area contributed by atoms with Crippen LogP contribution >= 0.6 is 0 Å². The summed E-state index contributed by atoms with van der Waals surface area (Å²) >= 11 is 0. The molecule has 1 fully saturated rings. The van der Waals surface area contributed by atoms with Crippen LogP contribution in [0.5, 0.6) is 0 Å². The zero-order chi connectivity index (χ0) is 11.4. The van der Waals surface area contributed by atoms with Gasteiger partial charge in [0.15, 0.2) is 0 Å². The van der Waals surface area contributed by atoms with Gasteiger partial charge in [0.2, 0.25) is 0 Å². The molecule has 1 aromatic carbocycles. The maximum absolute atomic E-state index is 10.8. The van der Waals surface area contributed by atoms with Gasteiger partial charge in [0.05, 0.1) is 0 Å². The Labute approximate surface area is 97.7 Å². The molecule has 1 aliphatic carbocycles. The van der Waals surface area contributed by atoms with Crippen LogP contribution in [-0.4, -0.2) is 12.2 Å². The van der Waals surface area contributed by atoms with Crippen LogP contribution < -0.4 is 5.32 Å². The summed E-state index contributed by atoms with van der Waals surface area (Å²) in [6.45, 7) is 0. The van der Waals surface area contributed by atoms with Crippen LogP contribution in [0.15, 0.2) is 30.3 Å². The lowest BCUT2D eigenvalue weighted by Crippen LogP contribution is -2.47. The van der Waals surface area contributed by atoms with Crippen LogP contribution in [-0.2, 0) is 5.72 Å². The average molecular weight is 219 g/mol. The second kappa shape index (κ2) is 4.98. The molecule has 88 valence electrons. The van der Waals surface area contributed by atoms with E-state index in [1.807, 2.05) is 37.4 Å². The quantitative estimate of drug-likeness (QED) is 0.766. The number of nitrogens with one attached hydrogen (secondary N) is 1. The fourth-order valence-corrected chi connectivity index (χ4v) is 2.80. The van der Waals surface area contributed by atoms with Crippen molar-refractivity contribution in [3.63, 3.8) is 0 Å². The van der Waals surface area contributed by atoms with Crippen molar-refractivity contribution in [3.05, 3.63) is 35.9 Å². The lowest BCUT2D eigenvalue weighted by molar-refractivity contribution is -0.0631. The van der Waals surface area contributed by atoms with E-state index in [4.69, 9.17) is 0 Å². The molecule has 1 atom stereocenters. The Kier molecular flexibility index (Phi) is 3.62. The summed E-state index contributed by atoms with van der Waals surface area (Å²) in [6.07, 6.45) is 6.02. The molecule has 1 aliphatic rings. The maximum atomic E-state index is 10.8. The van der Waals surface area contributed by atoms with Gasteiger partial charge in [-0.15, -0.1) is 0 Å². The Morgan fingerprint density at radius 3 is 2.31 bits per heavy atom. The Morgan fingerprint density at radius 1 is 1.12 bits per heavy atom. The minimum absolute atomic E-state index is 0.341. The number of benzene rings is 1. The van der Waals surface area contributed by atoms with Crippen molar-refractivity contribution >= 4 is 0 Å². The van der Waals surface area contributed by atoms with E-state index in [1.165, 1.54) is 19.3 Å². The lowest BCUT2D eigenvalue weighted by atomic mass is 9.78. The Balaban J connectivity index is 2.24. The zero-order valence-corrected chi connectivity index (χ0v) is 9.95. The van der Waals surface area contributed by atoms with Crippen LogP contribution in [0.2, 0.25) is 0 Å². The highest BCUT2D eigenvalue weighted by Gasteiger charge is 2.37. The number of hydrogen-bond acceptors (Lipinski definition) is 2. The summed E-state index contributed by atoms with van der Waals surface area (Å²) in [7, 11) is 1.85. The molecule has 1 unspecified atom stereocenters. The fraction of sp³-hybridized carbons (Fsp3) is 0.571. The van der Waals surface area contributed by atoms with Crippen LogP contribution in [0.25, 0.3) is 0 Å². The first-order valence-electron chi connectivity index (χ1n) is 6.24. The molecule has 0 radical (unpaired) electrons. The molecule has 2 rings (SSSR count). The summed E-state index contributed by atoms with van der Waals surface area (Å²) in [5.41, 5.74) is 0.145. The van der Waals surface area contributed by atoms with Crippen molar-refractivity contribution in [2.24, 2.45) is 5.92 Å². The van der Waals surface area contributed by atoms with Crippen molar-refractivity contribution in [2.45, 2.75) is 37.8 Å². The van der Waals surface area contributed by atoms with Gasteiger partial charge >= 0.3 is 0 Å². The van der Waals surface area contributed by atoms with Gasteiger partial charge in [-0.3, -0.25) is 5.32 Å². The monoisotopic (exact) mass is 219 g/mol. The summed E-state index contributed by atoms with van der Waals surface area (Å²) in [5.74, 6) is 0.341. The molecule has 16 heavy (non-hydrogen) atoms. The van der Waals surface area contributed by atoms with E-state index in [1.54, 1.807) is 0 Å². The van der Waals surface area contributed by atoms with E-state index in [0.717, 1.165) is 18.4 Å². The van der Waals surface area contributed by atoms with Gasteiger partial charge < -0.3 is 5.11 Å². The zero-order valence-electron chi connectivity index (χ0n) is 9.95. The first-order valence-corrected chi connectivity index (χ1v) is 6.24. The van der Waals surface area contributed by atoms with Crippen LogP contribution in [0.3, 0.4) is 0 Å². The normalized spacial score (nSPS) is 21.6. The van der Waals surface area contributed by atoms with E-state index in [-0.39, 0.29) is 0 Å². The highest BCUT2D eigenvalue weighted by molar-refractivity contribution is 5.22. The lowest BCUT2D eigenvalue weighted by Gasteiger charge is -2.38. The third kappa shape index (κ3) is 2.13. The largest absolute Gasteiger partial charge is 0.371 e. The molecule has 0 spiro atoms. The van der Waals surface area contributed by atoms with E-state index >= 15 is 0 Å². The van der Waals surface area contributed by atoms with Gasteiger partial charge in [0.1, 0.15) is 5.72 Å². The predicted molar refractivity (Wildman–Crippen MR) is 66.0 cm³/mol. The average Bonchev–Trinajstić information content (AvgIpc) is 2.40. The Morgan fingerprint density at radius 2 is 1.75 bits per heavy atom. The van der Waals surface area contributed by atoms with E-state index in [9.17, 15) is 5.11 Å². The van der Waals surface area contributed by atoms with Gasteiger partial charge in [0, 0.05) is 5.92 Å². The summed E-state index contributed by atoms with van der Waals surface area (Å²) < 4.78 is 0. The molecule has 0 aromatic heterocycles. The standard InChI is InChI=1S/C14H21NO/c1-15-14(16,12-8-4-2-5-9-12)13-10-6-3-7-11-13/h2,4-5,8-9,13,15-16H,3,6-7,10-11H2,1H3. The molecular formula is C14H21NO. The molecule has 2 N–H and O–H groups in total. The predicted octanol–water partition coefficient (Wildman–Crippen LogP) is 2.63. The summed E-state index contributed by atoms with van der Waals surface area (Å²) in [5, 5.41) is 13.9. The van der Waals surface area contributed by atoms with Gasteiger partial charge in [-0.1, -0.05) is 49.6 Å². The smallest absolute Gasteiger partial charge is 0.144 e. The third-order valence-electron chi connectivity index (χ3n) is 3.79. The molecule has 2 heteroatoms. The maximum Gasteiger partial charge on any atom is 0.144 e. The second-order valence-corrected chi connectivity index (χ2v) is 4.72. The number of hydrogen-bond donors (Lipinski definition) is 2. The minimum atomic E-state index is -0.846. The molecule has 1 saturated carbocycles. The van der Waals surface area contributed by atoms with Crippen molar-refractivity contribution < 1.29 is 5.11 Å². The van der Waals surface area contributed by atoms with E-state index in [0.29, 0.717) is 5.92 Å². The molecule has 0 heterocycles. The highest BCUT2D eigenvalue weighted by atomic mass is 16.3. The number of aliphatic hydroxyl groups is 1. The van der Waals surface area contributed by atoms with Gasteiger partial charge in [0.25, 0.3) is 0 Å². The van der Waals surface area contributed by atoms with Crippen LogP contribution in [0.4, 0.5) is 0 Å².